The van der Waals surface area contributed by atoms with Gasteiger partial charge in [-0.1, -0.05) is 12.1 Å². The summed E-state index contributed by atoms with van der Waals surface area (Å²) in [6.45, 7) is 8.00. The molecule has 1 aromatic heterocycles. The van der Waals surface area contributed by atoms with Gasteiger partial charge in [0.05, 0.1) is 13.1 Å². The van der Waals surface area contributed by atoms with Gasteiger partial charge in [-0.15, -0.1) is 34.2 Å². The fourth-order valence-corrected chi connectivity index (χ4v) is 3.34. The molecule has 10 heteroatoms. The van der Waals surface area contributed by atoms with Gasteiger partial charge in [0.2, 0.25) is 5.91 Å². The molecule has 1 aromatic carbocycles. The van der Waals surface area contributed by atoms with E-state index in [2.05, 4.69) is 20.8 Å². The topological polar surface area (TPSA) is 96.7 Å². The summed E-state index contributed by atoms with van der Waals surface area (Å²) in [4.78, 5) is 18.5. The highest BCUT2D eigenvalue weighted by Crippen LogP contribution is 2.21. The maximum absolute atomic E-state index is 11.9. The summed E-state index contributed by atoms with van der Waals surface area (Å²) in [6.07, 6.45) is 2.47. The predicted molar refractivity (Wildman–Crippen MR) is 136 cm³/mol. The number of hydrogen-bond acceptors (Lipinski definition) is 5. The van der Waals surface area contributed by atoms with Gasteiger partial charge in [0, 0.05) is 45.5 Å². The van der Waals surface area contributed by atoms with E-state index in [9.17, 15) is 4.79 Å². The van der Waals surface area contributed by atoms with Gasteiger partial charge in [-0.05, 0) is 44.4 Å². The number of amides is 1. The van der Waals surface area contributed by atoms with Gasteiger partial charge in [0.25, 0.3) is 0 Å². The molecule has 0 bridgehead atoms. The average Bonchev–Trinajstić information content (AvgIpc) is 3.35. The third-order valence-corrected chi connectivity index (χ3v) is 5.30. The van der Waals surface area contributed by atoms with Crippen LogP contribution in [0.25, 0.3) is 0 Å². The molecular weight excluding hydrogens is 521 g/mol. The van der Waals surface area contributed by atoms with Crippen LogP contribution < -0.4 is 15.5 Å². The van der Waals surface area contributed by atoms with Gasteiger partial charge in [0.1, 0.15) is 5.82 Å². The number of aliphatic imine (C=N–C) groups is 1. The predicted octanol–water partition coefficient (Wildman–Crippen LogP) is 2.53. The van der Waals surface area contributed by atoms with Crippen molar-refractivity contribution in [1.82, 2.24) is 25.4 Å². The lowest BCUT2D eigenvalue weighted by Crippen LogP contribution is -2.38. The number of hydrogen-bond donors (Lipinski definition) is 2. The van der Waals surface area contributed by atoms with Crippen molar-refractivity contribution in [2.24, 2.45) is 12.0 Å². The molecule has 2 N–H and O–H groups in total. The van der Waals surface area contributed by atoms with Crippen molar-refractivity contribution in [3.63, 3.8) is 0 Å². The summed E-state index contributed by atoms with van der Waals surface area (Å²) < 4.78 is 7.36. The molecule has 0 spiro atoms. The SMILES string of the molecule is CCOCCCNC(=NCc1ccc(N2CCCC2=O)cc1)NCc1nnc(C)n1C.I. The Kier molecular flexibility index (Phi) is 10.9. The smallest absolute Gasteiger partial charge is 0.227 e. The minimum Gasteiger partial charge on any atom is -0.382 e. The largest absolute Gasteiger partial charge is 0.382 e. The summed E-state index contributed by atoms with van der Waals surface area (Å²) in [5.74, 6) is 2.64. The van der Waals surface area contributed by atoms with E-state index in [4.69, 9.17) is 9.73 Å². The molecule has 2 aromatic rings. The molecule has 1 saturated heterocycles. The normalized spacial score (nSPS) is 13.9. The van der Waals surface area contributed by atoms with Gasteiger partial charge >= 0.3 is 0 Å². The average molecular weight is 555 g/mol. The maximum Gasteiger partial charge on any atom is 0.227 e. The minimum atomic E-state index is 0. The molecule has 0 saturated carbocycles. The first kappa shape index (κ1) is 26.0. The fraction of sp³-hybridized carbons (Fsp3) is 0.545. The van der Waals surface area contributed by atoms with Crippen LogP contribution in [0.3, 0.4) is 0 Å². The van der Waals surface area contributed by atoms with Crippen LogP contribution in [0.1, 0.15) is 43.4 Å². The Balaban J connectivity index is 0.00000363. The van der Waals surface area contributed by atoms with E-state index in [0.717, 1.165) is 68.0 Å². The lowest BCUT2D eigenvalue weighted by molar-refractivity contribution is -0.117. The van der Waals surface area contributed by atoms with Gasteiger partial charge in [-0.3, -0.25) is 4.79 Å². The molecule has 0 radical (unpaired) electrons. The third-order valence-electron chi connectivity index (χ3n) is 5.30. The van der Waals surface area contributed by atoms with E-state index < -0.39 is 0 Å². The van der Waals surface area contributed by atoms with Crippen LogP contribution in [0.4, 0.5) is 5.69 Å². The second-order valence-electron chi connectivity index (χ2n) is 7.53. The molecular formula is C22H34IN7O2. The van der Waals surface area contributed by atoms with Crippen molar-refractivity contribution in [3.05, 3.63) is 41.5 Å². The number of carbonyl (C=O) groups is 1. The molecule has 0 unspecified atom stereocenters. The van der Waals surface area contributed by atoms with Gasteiger partial charge < -0.3 is 24.8 Å². The first-order valence-electron chi connectivity index (χ1n) is 10.9. The van der Waals surface area contributed by atoms with E-state index in [1.165, 1.54) is 0 Å². The van der Waals surface area contributed by atoms with Crippen molar-refractivity contribution in [3.8, 4) is 0 Å². The monoisotopic (exact) mass is 555 g/mol. The number of guanidine groups is 1. The molecule has 2 heterocycles. The number of aromatic nitrogens is 3. The molecule has 0 atom stereocenters. The second kappa shape index (κ2) is 13.4. The quantitative estimate of drug-likeness (QED) is 0.203. The Morgan fingerprint density at radius 3 is 2.62 bits per heavy atom. The number of anilines is 1. The number of ether oxygens (including phenoxy) is 1. The summed E-state index contributed by atoms with van der Waals surface area (Å²) in [5.41, 5.74) is 2.04. The van der Waals surface area contributed by atoms with Crippen LogP contribution in [0.2, 0.25) is 0 Å². The summed E-state index contributed by atoms with van der Waals surface area (Å²) in [6, 6.07) is 8.06. The standard InChI is InChI=1S/C22H33N7O2.HI/c1-4-31-14-6-12-23-22(25-16-20-27-26-17(2)28(20)3)24-15-18-8-10-19(11-9-18)29-13-5-7-21(29)30;/h8-11H,4-7,12-16H2,1-3H3,(H2,23,24,25);1H. The van der Waals surface area contributed by atoms with E-state index in [-0.39, 0.29) is 29.9 Å². The van der Waals surface area contributed by atoms with Crippen molar-refractivity contribution >= 4 is 41.5 Å². The van der Waals surface area contributed by atoms with Crippen LogP contribution >= 0.6 is 24.0 Å². The first-order valence-corrected chi connectivity index (χ1v) is 10.9. The van der Waals surface area contributed by atoms with E-state index in [1.807, 2.05) is 54.6 Å². The maximum atomic E-state index is 11.9. The van der Waals surface area contributed by atoms with E-state index >= 15 is 0 Å². The Hall–Kier alpha value is -2.21. The Morgan fingerprint density at radius 2 is 2.00 bits per heavy atom. The van der Waals surface area contributed by atoms with Crippen LogP contribution in [0, 0.1) is 6.92 Å². The number of benzene rings is 1. The molecule has 1 aliphatic rings. The number of aryl methyl sites for hydroxylation is 1. The third kappa shape index (κ3) is 7.44. The molecule has 32 heavy (non-hydrogen) atoms. The molecule has 0 aliphatic carbocycles. The van der Waals surface area contributed by atoms with E-state index in [0.29, 0.717) is 19.5 Å². The number of carbonyl (C=O) groups excluding carboxylic acids is 1. The minimum absolute atomic E-state index is 0. The highest BCUT2D eigenvalue weighted by molar-refractivity contribution is 14.0. The Morgan fingerprint density at radius 1 is 1.22 bits per heavy atom. The van der Waals surface area contributed by atoms with Gasteiger partial charge in [-0.25, -0.2) is 4.99 Å². The zero-order valence-electron chi connectivity index (χ0n) is 19.1. The first-order chi connectivity index (χ1) is 15.1. The molecule has 1 amide bonds. The second-order valence-corrected chi connectivity index (χ2v) is 7.53. The van der Waals surface area contributed by atoms with Crippen molar-refractivity contribution in [2.45, 2.75) is 46.2 Å². The Bertz CT molecular complexity index is 883. The molecule has 176 valence electrons. The van der Waals surface area contributed by atoms with Gasteiger partial charge in [0.15, 0.2) is 11.8 Å². The van der Waals surface area contributed by atoms with E-state index in [1.54, 1.807) is 0 Å². The highest BCUT2D eigenvalue weighted by Gasteiger charge is 2.21. The number of nitrogens with zero attached hydrogens (tertiary/aromatic N) is 5. The Labute approximate surface area is 207 Å². The molecule has 1 aliphatic heterocycles. The van der Waals surface area contributed by atoms with Gasteiger partial charge in [-0.2, -0.15) is 0 Å². The lowest BCUT2D eigenvalue weighted by Gasteiger charge is -2.16. The number of halogens is 1. The van der Waals surface area contributed by atoms with Crippen molar-refractivity contribution in [2.75, 3.05) is 31.2 Å². The van der Waals surface area contributed by atoms with Crippen LogP contribution in [0.5, 0.6) is 0 Å². The highest BCUT2D eigenvalue weighted by atomic mass is 127. The molecule has 3 rings (SSSR count). The number of nitrogens with one attached hydrogen (secondary N) is 2. The zero-order chi connectivity index (χ0) is 22.1. The zero-order valence-corrected chi connectivity index (χ0v) is 21.5. The van der Waals surface area contributed by atoms with Crippen LogP contribution in [-0.2, 0) is 29.7 Å². The van der Waals surface area contributed by atoms with Crippen LogP contribution in [-0.4, -0.2) is 52.9 Å². The van der Waals surface area contributed by atoms with Crippen molar-refractivity contribution in [1.29, 1.82) is 0 Å². The summed E-state index contributed by atoms with van der Waals surface area (Å²) >= 11 is 0. The van der Waals surface area contributed by atoms with Crippen LogP contribution in [0.15, 0.2) is 29.3 Å². The van der Waals surface area contributed by atoms with Crippen molar-refractivity contribution < 1.29 is 9.53 Å². The number of rotatable bonds is 10. The lowest BCUT2D eigenvalue weighted by atomic mass is 10.2. The summed E-state index contributed by atoms with van der Waals surface area (Å²) in [7, 11) is 1.95. The molecule has 1 fully saturated rings. The fourth-order valence-electron chi connectivity index (χ4n) is 3.34. The summed E-state index contributed by atoms with van der Waals surface area (Å²) in [5, 5.41) is 15.0. The molecule has 9 nitrogen and oxygen atoms in total.